The Bertz CT molecular complexity index is 445. The zero-order valence-electron chi connectivity index (χ0n) is 12.6. The lowest BCUT2D eigenvalue weighted by molar-refractivity contribution is -0.121. The van der Waals surface area contributed by atoms with E-state index in [2.05, 4.69) is 10.6 Å². The van der Waals surface area contributed by atoms with Crippen LogP contribution in [-0.4, -0.2) is 39.3 Å². The van der Waals surface area contributed by atoms with Gasteiger partial charge in [-0.05, 0) is 44.0 Å². The van der Waals surface area contributed by atoms with E-state index in [-0.39, 0.29) is 5.91 Å². The van der Waals surface area contributed by atoms with E-state index in [1.165, 1.54) is 6.42 Å². The Hall–Kier alpha value is -1.75. The van der Waals surface area contributed by atoms with Crippen molar-refractivity contribution in [1.82, 2.24) is 10.6 Å². The molecule has 5 heteroatoms. The first-order chi connectivity index (χ1) is 10.3. The van der Waals surface area contributed by atoms with Gasteiger partial charge in [0.15, 0.2) is 11.5 Å². The van der Waals surface area contributed by atoms with Crippen molar-refractivity contribution in [2.24, 2.45) is 5.92 Å². The number of carbonyl (C=O) groups excluding carboxylic acids is 1. The van der Waals surface area contributed by atoms with Gasteiger partial charge in [-0.15, -0.1) is 0 Å². The van der Waals surface area contributed by atoms with Crippen LogP contribution in [0, 0.1) is 5.92 Å². The second-order valence-electron chi connectivity index (χ2n) is 5.25. The minimum absolute atomic E-state index is 0.0378. The molecule has 1 amide bonds. The molecule has 0 bridgehead atoms. The molecule has 0 aromatic heterocycles. The summed E-state index contributed by atoms with van der Waals surface area (Å²) < 4.78 is 10.8. The van der Waals surface area contributed by atoms with E-state index < -0.39 is 0 Å². The van der Waals surface area contributed by atoms with Crippen molar-refractivity contribution < 1.29 is 14.3 Å². The summed E-state index contributed by atoms with van der Waals surface area (Å²) in [6.07, 6.45) is 2.62. The summed E-state index contributed by atoms with van der Waals surface area (Å²) in [6, 6.07) is 7.44. The number of methoxy groups -OCH3 is 1. The van der Waals surface area contributed by atoms with Gasteiger partial charge >= 0.3 is 0 Å². The Labute approximate surface area is 126 Å². The smallest absolute Gasteiger partial charge is 0.223 e. The largest absolute Gasteiger partial charge is 0.493 e. The summed E-state index contributed by atoms with van der Waals surface area (Å²) in [4.78, 5) is 11.7. The number of carbonyl (C=O) groups is 1. The number of rotatable bonds is 8. The quantitative estimate of drug-likeness (QED) is 0.764. The fourth-order valence-electron chi connectivity index (χ4n) is 2.46. The lowest BCUT2D eigenvalue weighted by atomic mass is 10.1. The number of hydrogen-bond acceptors (Lipinski definition) is 4. The highest BCUT2D eigenvalue weighted by molar-refractivity contribution is 5.75. The van der Waals surface area contributed by atoms with Gasteiger partial charge in [0.1, 0.15) is 0 Å². The molecular weight excluding hydrogens is 268 g/mol. The van der Waals surface area contributed by atoms with Crippen LogP contribution in [0.3, 0.4) is 0 Å². The predicted octanol–water partition coefficient (Wildman–Crippen LogP) is 1.58. The van der Waals surface area contributed by atoms with Gasteiger partial charge in [0.2, 0.25) is 5.91 Å². The Balaban J connectivity index is 1.60. The minimum Gasteiger partial charge on any atom is -0.493 e. The second kappa shape index (κ2) is 8.52. The number of benzene rings is 1. The zero-order valence-corrected chi connectivity index (χ0v) is 12.6. The van der Waals surface area contributed by atoms with E-state index in [0.29, 0.717) is 30.4 Å². The van der Waals surface area contributed by atoms with Crippen molar-refractivity contribution >= 4 is 5.91 Å². The third-order valence-corrected chi connectivity index (χ3v) is 3.69. The molecule has 1 unspecified atom stereocenters. The molecule has 0 radical (unpaired) electrons. The number of amides is 1. The van der Waals surface area contributed by atoms with Crippen LogP contribution >= 0.6 is 0 Å². The van der Waals surface area contributed by atoms with Crippen molar-refractivity contribution in [2.75, 3.05) is 33.4 Å². The van der Waals surface area contributed by atoms with E-state index in [0.717, 1.165) is 26.1 Å². The molecule has 2 N–H and O–H groups in total. The van der Waals surface area contributed by atoms with E-state index in [1.807, 2.05) is 24.3 Å². The van der Waals surface area contributed by atoms with Crippen molar-refractivity contribution in [3.05, 3.63) is 24.3 Å². The number of para-hydroxylation sites is 2. The Kier molecular flexibility index (Phi) is 6.34. The molecule has 1 aliphatic heterocycles. The van der Waals surface area contributed by atoms with Gasteiger partial charge in [0.25, 0.3) is 0 Å². The molecule has 1 aromatic carbocycles. The third-order valence-electron chi connectivity index (χ3n) is 3.69. The highest BCUT2D eigenvalue weighted by atomic mass is 16.5. The predicted molar refractivity (Wildman–Crippen MR) is 81.7 cm³/mol. The van der Waals surface area contributed by atoms with Crippen LogP contribution < -0.4 is 20.1 Å². The third kappa shape index (κ3) is 5.27. The van der Waals surface area contributed by atoms with E-state index in [1.54, 1.807) is 7.11 Å². The summed E-state index contributed by atoms with van der Waals surface area (Å²) in [7, 11) is 1.60. The molecule has 0 spiro atoms. The maximum atomic E-state index is 11.7. The lowest BCUT2D eigenvalue weighted by Crippen LogP contribution is -2.27. The first-order valence-corrected chi connectivity index (χ1v) is 7.53. The van der Waals surface area contributed by atoms with Gasteiger partial charge in [-0.3, -0.25) is 4.79 Å². The maximum absolute atomic E-state index is 11.7. The van der Waals surface area contributed by atoms with Crippen molar-refractivity contribution in [1.29, 1.82) is 0 Å². The minimum atomic E-state index is 0.0378. The van der Waals surface area contributed by atoms with Crippen LogP contribution in [0.4, 0.5) is 0 Å². The maximum Gasteiger partial charge on any atom is 0.223 e. The Morgan fingerprint density at radius 1 is 1.38 bits per heavy atom. The molecule has 1 heterocycles. The molecule has 1 atom stereocenters. The topological polar surface area (TPSA) is 59.6 Å². The van der Waals surface area contributed by atoms with Crippen LogP contribution in [0.15, 0.2) is 24.3 Å². The fraction of sp³-hybridized carbons (Fsp3) is 0.562. The van der Waals surface area contributed by atoms with Crippen LogP contribution in [-0.2, 0) is 4.79 Å². The van der Waals surface area contributed by atoms with Crippen LogP contribution in [0.1, 0.15) is 19.3 Å². The molecule has 1 saturated heterocycles. The summed E-state index contributed by atoms with van der Waals surface area (Å²) in [5.41, 5.74) is 0. The summed E-state index contributed by atoms with van der Waals surface area (Å²) in [5.74, 6) is 2.10. The normalized spacial score (nSPS) is 17.5. The number of nitrogens with one attached hydrogen (secondary N) is 2. The molecular formula is C16H24N2O3. The number of hydrogen-bond donors (Lipinski definition) is 2. The van der Waals surface area contributed by atoms with Gasteiger partial charge in [-0.2, -0.15) is 0 Å². The van der Waals surface area contributed by atoms with Gasteiger partial charge in [0, 0.05) is 6.54 Å². The molecule has 116 valence electrons. The van der Waals surface area contributed by atoms with Gasteiger partial charge in [-0.25, -0.2) is 0 Å². The SMILES string of the molecule is COc1ccccc1OCCC(=O)NCCC1CCNC1. The second-order valence-corrected chi connectivity index (χ2v) is 5.25. The lowest BCUT2D eigenvalue weighted by Gasteiger charge is -2.11. The molecule has 1 aromatic rings. The zero-order chi connectivity index (χ0) is 14.9. The molecule has 21 heavy (non-hydrogen) atoms. The summed E-state index contributed by atoms with van der Waals surface area (Å²) in [6.45, 7) is 3.29. The first-order valence-electron chi connectivity index (χ1n) is 7.53. The highest BCUT2D eigenvalue weighted by Gasteiger charge is 2.14. The summed E-state index contributed by atoms with van der Waals surface area (Å²) >= 11 is 0. The van der Waals surface area contributed by atoms with E-state index in [4.69, 9.17) is 9.47 Å². The van der Waals surface area contributed by atoms with Gasteiger partial charge in [-0.1, -0.05) is 12.1 Å². The highest BCUT2D eigenvalue weighted by Crippen LogP contribution is 2.25. The van der Waals surface area contributed by atoms with Crippen LogP contribution in [0.25, 0.3) is 0 Å². The van der Waals surface area contributed by atoms with Crippen LogP contribution in [0.2, 0.25) is 0 Å². The first kappa shape index (κ1) is 15.6. The summed E-state index contributed by atoms with van der Waals surface area (Å²) in [5, 5.41) is 6.28. The average Bonchev–Trinajstić information content (AvgIpc) is 3.01. The van der Waals surface area contributed by atoms with Crippen LogP contribution in [0.5, 0.6) is 11.5 Å². The van der Waals surface area contributed by atoms with E-state index in [9.17, 15) is 4.79 Å². The molecule has 0 saturated carbocycles. The van der Waals surface area contributed by atoms with E-state index >= 15 is 0 Å². The van der Waals surface area contributed by atoms with Gasteiger partial charge < -0.3 is 20.1 Å². The van der Waals surface area contributed by atoms with Crippen molar-refractivity contribution in [2.45, 2.75) is 19.3 Å². The van der Waals surface area contributed by atoms with Gasteiger partial charge in [0.05, 0.1) is 20.1 Å². The molecule has 1 fully saturated rings. The fourth-order valence-corrected chi connectivity index (χ4v) is 2.46. The molecule has 1 aliphatic rings. The number of ether oxygens (including phenoxy) is 2. The van der Waals surface area contributed by atoms with Crippen molar-refractivity contribution in [3.8, 4) is 11.5 Å². The molecule has 0 aliphatic carbocycles. The standard InChI is InChI=1S/C16H24N2O3/c1-20-14-4-2-3-5-15(14)21-11-8-16(19)18-10-7-13-6-9-17-12-13/h2-5,13,17H,6-12H2,1H3,(H,18,19). The molecule has 5 nitrogen and oxygen atoms in total. The average molecular weight is 292 g/mol. The Morgan fingerprint density at radius 2 is 2.19 bits per heavy atom. The molecule has 2 rings (SSSR count). The van der Waals surface area contributed by atoms with Crippen molar-refractivity contribution in [3.63, 3.8) is 0 Å². The Morgan fingerprint density at radius 3 is 2.90 bits per heavy atom. The monoisotopic (exact) mass is 292 g/mol.